The molecular weight excluding hydrogens is 216 g/mol. The van der Waals surface area contributed by atoms with Gasteiger partial charge in [0.2, 0.25) is 11.8 Å². The number of hydrogen-bond donors (Lipinski definition) is 2. The Morgan fingerprint density at radius 1 is 0.812 bits per heavy atom. The highest BCUT2D eigenvalue weighted by Gasteiger charge is 2.29. The Bertz CT molecular complexity index is 296. The van der Waals surface area contributed by atoms with Crippen LogP contribution in [0.3, 0.4) is 0 Å². The maximum absolute atomic E-state index is 11.3. The van der Waals surface area contributed by atoms with Crippen molar-refractivity contribution in [1.82, 2.24) is 10.0 Å². The summed E-state index contributed by atoms with van der Waals surface area (Å²) in [7, 11) is 0. The van der Waals surface area contributed by atoms with E-state index in [1.807, 2.05) is 0 Å². The minimum Gasteiger partial charge on any atom is -0.273 e. The first-order valence-corrected chi connectivity index (χ1v) is 4.60. The van der Waals surface area contributed by atoms with E-state index in [1.54, 1.807) is 0 Å². The third kappa shape index (κ3) is 3.11. The normalized spacial score (nSPS) is 9.50. The molecule has 0 saturated heterocycles. The van der Waals surface area contributed by atoms with Crippen molar-refractivity contribution in [2.45, 2.75) is 26.7 Å². The van der Waals surface area contributed by atoms with E-state index in [1.165, 1.54) is 13.8 Å². The second kappa shape index (κ2) is 5.93. The third-order valence-corrected chi connectivity index (χ3v) is 1.76. The van der Waals surface area contributed by atoms with E-state index in [4.69, 9.17) is 11.7 Å². The number of carbonyl (C=O) groups is 4. The van der Waals surface area contributed by atoms with Crippen molar-refractivity contribution in [3.05, 3.63) is 0 Å². The molecule has 4 N–H and O–H groups in total. The first kappa shape index (κ1) is 14.2. The van der Waals surface area contributed by atoms with Crippen LogP contribution in [0.2, 0.25) is 0 Å². The van der Waals surface area contributed by atoms with Crippen LogP contribution in [0.25, 0.3) is 0 Å². The molecule has 0 aromatic heterocycles. The molecule has 0 aromatic carbocycles. The molecule has 0 aliphatic rings. The summed E-state index contributed by atoms with van der Waals surface area (Å²) in [6.07, 6.45) is -0.0797. The lowest BCUT2D eigenvalue weighted by atomic mass is 10.4. The van der Waals surface area contributed by atoms with Crippen LogP contribution in [0.4, 0.5) is 0 Å². The van der Waals surface area contributed by atoms with Gasteiger partial charge >= 0.3 is 11.8 Å². The van der Waals surface area contributed by atoms with Gasteiger partial charge in [-0.15, -0.1) is 0 Å². The lowest BCUT2D eigenvalue weighted by molar-refractivity contribution is -0.160. The van der Waals surface area contributed by atoms with Gasteiger partial charge in [-0.2, -0.15) is 0 Å². The van der Waals surface area contributed by atoms with Gasteiger partial charge in [-0.3, -0.25) is 19.2 Å². The van der Waals surface area contributed by atoms with Crippen molar-refractivity contribution in [1.29, 1.82) is 0 Å². The van der Waals surface area contributed by atoms with Crippen molar-refractivity contribution < 1.29 is 19.2 Å². The number of nitrogens with two attached hydrogens (primary N) is 2. The Labute approximate surface area is 92.1 Å². The minimum atomic E-state index is -1.34. The number of hydrogen-bond acceptors (Lipinski definition) is 6. The van der Waals surface area contributed by atoms with Crippen molar-refractivity contribution >= 4 is 23.6 Å². The van der Waals surface area contributed by atoms with Crippen molar-refractivity contribution in [2.75, 3.05) is 0 Å². The lowest BCUT2D eigenvalue weighted by Gasteiger charge is -2.17. The number of amides is 4. The summed E-state index contributed by atoms with van der Waals surface area (Å²) in [5, 5.41) is 0.288. The maximum Gasteiger partial charge on any atom is 0.334 e. The van der Waals surface area contributed by atoms with Gasteiger partial charge in [-0.25, -0.2) is 21.7 Å². The molecule has 16 heavy (non-hydrogen) atoms. The minimum absolute atomic E-state index is 0.0399. The Hall–Kier alpha value is -1.80. The fourth-order valence-electron chi connectivity index (χ4n) is 0.773. The van der Waals surface area contributed by atoms with E-state index >= 15 is 0 Å². The topological polar surface area (TPSA) is 127 Å². The highest BCUT2D eigenvalue weighted by atomic mass is 16.2. The number of hydrazine groups is 2. The molecule has 4 amide bonds. The molecule has 0 unspecified atom stereocenters. The highest BCUT2D eigenvalue weighted by molar-refractivity contribution is 6.39. The third-order valence-electron chi connectivity index (χ3n) is 1.76. The van der Waals surface area contributed by atoms with Gasteiger partial charge < -0.3 is 0 Å². The van der Waals surface area contributed by atoms with E-state index in [0.29, 0.717) is 0 Å². The van der Waals surface area contributed by atoms with Crippen molar-refractivity contribution in [2.24, 2.45) is 11.7 Å². The molecule has 0 atom stereocenters. The summed E-state index contributed by atoms with van der Waals surface area (Å²) >= 11 is 0. The van der Waals surface area contributed by atoms with Gasteiger partial charge in [0.1, 0.15) is 0 Å². The Morgan fingerprint density at radius 3 is 1.25 bits per heavy atom. The zero-order chi connectivity index (χ0) is 12.9. The Kier molecular flexibility index (Phi) is 5.26. The van der Waals surface area contributed by atoms with Gasteiger partial charge in [0.05, 0.1) is 0 Å². The van der Waals surface area contributed by atoms with E-state index in [0.717, 1.165) is 0 Å². The van der Waals surface area contributed by atoms with Crippen LogP contribution in [-0.2, 0) is 19.2 Å². The molecule has 0 rings (SSSR count). The van der Waals surface area contributed by atoms with E-state index < -0.39 is 23.6 Å². The van der Waals surface area contributed by atoms with Crippen LogP contribution >= 0.6 is 0 Å². The van der Waals surface area contributed by atoms with Gasteiger partial charge in [0.15, 0.2) is 0 Å². The predicted molar refractivity (Wildman–Crippen MR) is 52.7 cm³/mol. The van der Waals surface area contributed by atoms with Crippen LogP contribution in [0.15, 0.2) is 0 Å². The molecule has 0 fully saturated rings. The quantitative estimate of drug-likeness (QED) is 0.251. The van der Waals surface area contributed by atoms with Crippen LogP contribution in [0, 0.1) is 0 Å². The zero-order valence-corrected chi connectivity index (χ0v) is 9.10. The summed E-state index contributed by atoms with van der Waals surface area (Å²) in [6.45, 7) is 2.94. The van der Waals surface area contributed by atoms with E-state index in [-0.39, 0.29) is 22.9 Å². The second-order valence-electron chi connectivity index (χ2n) is 2.84. The monoisotopic (exact) mass is 230 g/mol. The molecule has 0 heterocycles. The second-order valence-corrected chi connectivity index (χ2v) is 2.84. The van der Waals surface area contributed by atoms with Crippen LogP contribution < -0.4 is 11.7 Å². The van der Waals surface area contributed by atoms with Crippen LogP contribution in [-0.4, -0.2) is 33.6 Å². The van der Waals surface area contributed by atoms with Gasteiger partial charge in [0.25, 0.3) is 0 Å². The molecular formula is C8H14N4O4. The largest absolute Gasteiger partial charge is 0.334 e. The number of rotatable bonds is 2. The fraction of sp³-hybridized carbons (Fsp3) is 0.500. The number of imide groups is 2. The van der Waals surface area contributed by atoms with Crippen molar-refractivity contribution in [3.63, 3.8) is 0 Å². The molecule has 0 aliphatic carbocycles. The smallest absolute Gasteiger partial charge is 0.273 e. The van der Waals surface area contributed by atoms with Crippen LogP contribution in [0.5, 0.6) is 0 Å². The average molecular weight is 230 g/mol. The standard InChI is InChI=1S/C8H14N4O4/c1-3-5(13)11(9)7(15)8(16)12(10)6(14)4-2/h3-4,9-10H2,1-2H3. The van der Waals surface area contributed by atoms with Gasteiger partial charge in [-0.05, 0) is 0 Å². The highest BCUT2D eigenvalue weighted by Crippen LogP contribution is 1.94. The lowest BCUT2D eigenvalue weighted by Crippen LogP contribution is -2.54. The molecule has 0 bridgehead atoms. The molecule has 8 nitrogen and oxygen atoms in total. The first-order chi connectivity index (χ1) is 7.36. The van der Waals surface area contributed by atoms with Crippen molar-refractivity contribution in [3.8, 4) is 0 Å². The van der Waals surface area contributed by atoms with E-state index in [9.17, 15) is 19.2 Å². The number of carbonyl (C=O) groups excluding carboxylic acids is 4. The summed E-state index contributed by atoms with van der Waals surface area (Å²) in [5.74, 6) is 5.99. The first-order valence-electron chi connectivity index (χ1n) is 4.60. The average Bonchev–Trinajstić information content (AvgIpc) is 2.32. The predicted octanol–water partition coefficient (Wildman–Crippen LogP) is -1.74. The van der Waals surface area contributed by atoms with Gasteiger partial charge in [-0.1, -0.05) is 13.8 Å². The number of nitrogens with zero attached hydrogens (tertiary/aromatic N) is 2. The molecule has 0 radical (unpaired) electrons. The van der Waals surface area contributed by atoms with Crippen LogP contribution in [0.1, 0.15) is 26.7 Å². The summed E-state index contributed by atoms with van der Waals surface area (Å²) in [4.78, 5) is 44.5. The molecule has 0 aromatic rings. The molecule has 90 valence electrons. The maximum atomic E-state index is 11.3. The molecule has 0 saturated carbocycles. The summed E-state index contributed by atoms with van der Waals surface area (Å²) in [5.41, 5.74) is 0. The SMILES string of the molecule is CCC(=O)N(N)C(=O)C(=O)N(N)C(=O)CC. The Balaban J connectivity index is 4.68. The fourth-order valence-corrected chi connectivity index (χ4v) is 0.773. The van der Waals surface area contributed by atoms with E-state index in [2.05, 4.69) is 0 Å². The molecule has 0 spiro atoms. The molecule has 8 heteroatoms. The van der Waals surface area contributed by atoms with Gasteiger partial charge in [0, 0.05) is 12.8 Å². The molecule has 0 aliphatic heterocycles. The zero-order valence-electron chi connectivity index (χ0n) is 9.10. The Morgan fingerprint density at radius 2 is 1.06 bits per heavy atom. The summed E-state index contributed by atoms with van der Waals surface area (Å²) < 4.78 is 0. The summed E-state index contributed by atoms with van der Waals surface area (Å²) in [6, 6.07) is 0.